The number of benzene rings is 10. The predicted octanol–water partition coefficient (Wildman–Crippen LogP) is 33.0. The molecule has 0 saturated carbocycles. The third kappa shape index (κ3) is 25.8. The summed E-state index contributed by atoms with van der Waals surface area (Å²) in [5.74, 6) is 0. The Kier molecular flexibility index (Phi) is 45.8. The van der Waals surface area contributed by atoms with Crippen LogP contribution in [0.2, 0.25) is 0 Å². The molecule has 0 fully saturated rings. The summed E-state index contributed by atoms with van der Waals surface area (Å²) in [6, 6.07) is 68.9. The summed E-state index contributed by atoms with van der Waals surface area (Å²) >= 11 is 7.36. The van der Waals surface area contributed by atoms with E-state index in [1.807, 2.05) is 163 Å². The minimum Gasteiger partial charge on any atom is -0.309 e. The largest absolute Gasteiger partial charge is 0.309 e. The first-order chi connectivity index (χ1) is 53.0. The van der Waals surface area contributed by atoms with Crippen LogP contribution in [0, 0.1) is 41.5 Å². The molecule has 7 aliphatic heterocycles. The molecule has 0 spiro atoms. The first-order valence-corrected chi connectivity index (χ1v) is 42.6. The molecular formula is C101H136Br2N6. The molecule has 0 unspecified atom stereocenters. The van der Waals surface area contributed by atoms with Gasteiger partial charge in [-0.25, -0.2) is 0 Å². The van der Waals surface area contributed by atoms with E-state index >= 15 is 0 Å². The topological polar surface area (TPSA) is 55.9 Å². The highest BCUT2D eigenvalue weighted by Crippen LogP contribution is 2.56. The molecule has 0 atom stereocenters. The molecule has 0 saturated heterocycles. The fourth-order valence-corrected chi connectivity index (χ4v) is 15.0. The number of hydrogen-bond donors (Lipinski definition) is 0. The maximum Gasteiger partial charge on any atom is 0.0664 e. The molecule has 0 N–H and O–H groups in total. The summed E-state index contributed by atoms with van der Waals surface area (Å²) in [5.41, 5.74) is 39.5. The van der Waals surface area contributed by atoms with Gasteiger partial charge >= 0.3 is 0 Å². The highest BCUT2D eigenvalue weighted by Gasteiger charge is 2.37. The second-order valence-electron chi connectivity index (χ2n) is 24.6. The van der Waals surface area contributed by atoms with E-state index in [4.69, 9.17) is 0 Å². The Morgan fingerprint density at radius 2 is 0.431 bits per heavy atom. The first kappa shape index (κ1) is 96.5. The van der Waals surface area contributed by atoms with Crippen LogP contribution in [-0.2, 0) is 44.9 Å². The normalized spacial score (nSPS) is 11.8. The average molecular weight is 1590 g/mol. The predicted molar refractivity (Wildman–Crippen MR) is 500 cm³/mol. The fourth-order valence-electron chi connectivity index (χ4n) is 13.7. The number of rotatable bonds is 3. The van der Waals surface area contributed by atoms with Crippen molar-refractivity contribution in [3.63, 3.8) is 0 Å². The molecule has 17 rings (SSSR count). The van der Waals surface area contributed by atoms with Gasteiger partial charge in [0, 0.05) is 76.7 Å². The second kappa shape index (κ2) is 51.8. The van der Waals surface area contributed by atoms with E-state index in [0.29, 0.717) is 0 Å². The van der Waals surface area contributed by atoms with Crippen molar-refractivity contribution in [2.75, 3.05) is 9.80 Å². The van der Waals surface area contributed by atoms with Gasteiger partial charge in [-0.3, -0.25) is 20.0 Å². The van der Waals surface area contributed by atoms with Crippen molar-refractivity contribution in [3.8, 4) is 0 Å². The number of aryl methyl sites for hydroxylation is 6. The van der Waals surface area contributed by atoms with Gasteiger partial charge in [-0.2, -0.15) is 0 Å². The lowest BCUT2D eigenvalue weighted by Gasteiger charge is -2.44. The molecular weight excluding hydrogens is 1460 g/mol. The van der Waals surface area contributed by atoms with Crippen LogP contribution in [0.15, 0.2) is 223 Å². The summed E-state index contributed by atoms with van der Waals surface area (Å²) < 4.78 is 2.32. The molecule has 0 aliphatic carbocycles. The number of para-hydroxylation sites is 8. The van der Waals surface area contributed by atoms with E-state index in [1.54, 1.807) is 0 Å². The molecule has 0 aromatic heterocycles. The van der Waals surface area contributed by atoms with Gasteiger partial charge in [-0.05, 0) is 207 Å². The van der Waals surface area contributed by atoms with E-state index in [-0.39, 0.29) is 0 Å². The molecule has 0 radical (unpaired) electrons. The second-order valence-corrected chi connectivity index (χ2v) is 26.4. The molecule has 584 valence electrons. The standard InChI is InChI=1S/C24H26BrN.C21H14BrN.4C9H9N.10C2H6/c1-15-9-7-10-16(2)22(15)26(23-17(3)11-8-12-18(23)4)24-19(5)13-21(25)14-20(24)6;22-18-10-16-8-14-5-1-3-12-7-13-4-2-6-15-9-17(11-18)21(16)23(19(12)14)20(13)15;4*1-7-6-8-4-2-3-5-9(8)10-7;10*1-2/h7-14H,1-6H3;1-6,10-11H,7-9H2;4*2-5H,6H2,1H3;10*1-2H3. The van der Waals surface area contributed by atoms with Crippen molar-refractivity contribution in [2.45, 2.75) is 253 Å². The van der Waals surface area contributed by atoms with Crippen LogP contribution < -0.4 is 9.80 Å². The molecule has 6 nitrogen and oxygen atoms in total. The van der Waals surface area contributed by atoms with Gasteiger partial charge < -0.3 is 9.80 Å². The molecule has 8 heteroatoms. The van der Waals surface area contributed by atoms with Crippen LogP contribution in [0.1, 0.15) is 255 Å². The van der Waals surface area contributed by atoms with Crippen molar-refractivity contribution < 1.29 is 0 Å². The minimum absolute atomic E-state index is 1.04. The average Bonchev–Trinajstić information content (AvgIpc) is 1.42. The highest BCUT2D eigenvalue weighted by atomic mass is 79.9. The molecule has 7 aliphatic rings. The Labute approximate surface area is 681 Å². The van der Waals surface area contributed by atoms with Crippen molar-refractivity contribution in [2.24, 2.45) is 20.0 Å². The Hall–Kier alpha value is -8.56. The summed E-state index contributed by atoms with van der Waals surface area (Å²) in [6.07, 6.45) is 7.29. The van der Waals surface area contributed by atoms with Gasteiger partial charge in [-0.15, -0.1) is 0 Å². The molecule has 10 aromatic rings. The molecule has 109 heavy (non-hydrogen) atoms. The van der Waals surface area contributed by atoms with Gasteiger partial charge in [0.1, 0.15) is 0 Å². The van der Waals surface area contributed by atoms with E-state index in [1.165, 1.54) is 150 Å². The zero-order valence-electron chi connectivity index (χ0n) is 72.9. The van der Waals surface area contributed by atoms with Crippen LogP contribution in [0.4, 0.5) is 56.9 Å². The monoisotopic (exact) mass is 1590 g/mol. The summed E-state index contributed by atoms with van der Waals surface area (Å²) in [4.78, 5) is 22.5. The fraction of sp³-hybridized carbons (Fsp3) is 0.366. The Balaban J connectivity index is 0.000000440. The summed E-state index contributed by atoms with van der Waals surface area (Å²) in [7, 11) is 0. The third-order valence-corrected chi connectivity index (χ3v) is 18.4. The number of nitrogens with zero attached hydrogens (tertiary/aromatic N) is 6. The van der Waals surface area contributed by atoms with Crippen molar-refractivity contribution in [3.05, 3.63) is 292 Å². The third-order valence-electron chi connectivity index (χ3n) is 17.5. The highest BCUT2D eigenvalue weighted by molar-refractivity contribution is 9.10. The Morgan fingerprint density at radius 1 is 0.229 bits per heavy atom. The number of fused-ring (bicyclic) bond motifs is 4. The molecule has 0 amide bonds. The zero-order valence-corrected chi connectivity index (χ0v) is 76.0. The number of anilines is 6. The first-order valence-electron chi connectivity index (χ1n) is 41.1. The van der Waals surface area contributed by atoms with E-state index in [2.05, 4.69) is 301 Å². The minimum atomic E-state index is 1.04. The van der Waals surface area contributed by atoms with Crippen LogP contribution in [0.5, 0.6) is 0 Å². The summed E-state index contributed by atoms with van der Waals surface area (Å²) in [6.45, 7) is 61.5. The van der Waals surface area contributed by atoms with Gasteiger partial charge in [0.05, 0.1) is 56.9 Å². The van der Waals surface area contributed by atoms with Crippen LogP contribution >= 0.6 is 31.9 Å². The summed E-state index contributed by atoms with van der Waals surface area (Å²) in [5, 5.41) is 0. The number of hydrogen-bond acceptors (Lipinski definition) is 6. The lowest BCUT2D eigenvalue weighted by Crippen LogP contribution is -2.29. The van der Waals surface area contributed by atoms with Gasteiger partial charge in [0.25, 0.3) is 0 Å². The molecule has 7 heterocycles. The quantitative estimate of drug-likeness (QED) is 0.177. The van der Waals surface area contributed by atoms with E-state index < -0.39 is 0 Å². The number of halogens is 2. The molecule has 0 bridgehead atoms. The van der Waals surface area contributed by atoms with Crippen molar-refractivity contribution in [1.82, 2.24) is 0 Å². The van der Waals surface area contributed by atoms with E-state index in [9.17, 15) is 0 Å². The Morgan fingerprint density at radius 3 is 0.688 bits per heavy atom. The van der Waals surface area contributed by atoms with Crippen LogP contribution in [-0.4, -0.2) is 22.8 Å². The Bertz CT molecular complexity index is 4090. The number of aliphatic imine (C=N–C) groups is 4. The van der Waals surface area contributed by atoms with Crippen LogP contribution in [0.25, 0.3) is 0 Å². The lowest BCUT2D eigenvalue weighted by molar-refractivity contribution is 0.955. The van der Waals surface area contributed by atoms with Gasteiger partial charge in [0.2, 0.25) is 0 Å². The maximum atomic E-state index is 4.37. The SMILES string of the molecule is Brc1cc2c3c(c1)Cc1cccc4c1N3c1c(cccc1C2)C4.CC.CC.CC.CC.CC.CC.CC.CC.CC.CC.CC1=Nc2ccccc2C1.CC1=Nc2ccccc2C1.CC1=Nc2ccccc2C1.CC1=Nc2ccccc2C1.Cc1cccc(C)c1N(c1c(C)cccc1C)c1c(C)cc(Br)cc1C. The lowest BCUT2D eigenvalue weighted by atomic mass is 9.80. The van der Waals surface area contributed by atoms with Gasteiger partial charge in [-0.1, -0.05) is 316 Å². The van der Waals surface area contributed by atoms with Crippen LogP contribution in [0.3, 0.4) is 0 Å². The molecule has 10 aromatic carbocycles. The smallest absolute Gasteiger partial charge is 0.0664 e. The zero-order chi connectivity index (χ0) is 82.0. The van der Waals surface area contributed by atoms with Gasteiger partial charge in [0.15, 0.2) is 0 Å². The van der Waals surface area contributed by atoms with E-state index in [0.717, 1.165) is 72.2 Å². The maximum absolute atomic E-state index is 4.37. The van der Waals surface area contributed by atoms with Crippen molar-refractivity contribution >= 4 is 112 Å². The van der Waals surface area contributed by atoms with Crippen molar-refractivity contribution in [1.29, 1.82) is 0 Å².